The van der Waals surface area contributed by atoms with Crippen LogP contribution in [0.5, 0.6) is 5.75 Å². The van der Waals surface area contributed by atoms with Crippen LogP contribution in [0, 0.1) is 0 Å². The van der Waals surface area contributed by atoms with Gasteiger partial charge in [-0.05, 0) is 72.4 Å². The quantitative estimate of drug-likeness (QED) is 0.293. The zero-order chi connectivity index (χ0) is 25.2. The minimum absolute atomic E-state index is 0.128. The van der Waals surface area contributed by atoms with Crippen molar-refractivity contribution in [3.8, 4) is 17.1 Å². The fraction of sp³-hybridized carbons (Fsp3) is 0.148. The summed E-state index contributed by atoms with van der Waals surface area (Å²) in [7, 11) is 1.63. The van der Waals surface area contributed by atoms with Crippen LogP contribution in [0.25, 0.3) is 11.3 Å². The van der Waals surface area contributed by atoms with Crippen LogP contribution in [-0.2, 0) is 6.54 Å². The monoisotopic (exact) mass is 519 g/mol. The summed E-state index contributed by atoms with van der Waals surface area (Å²) in [4.78, 5) is 18.1. The van der Waals surface area contributed by atoms with Gasteiger partial charge in [0.25, 0.3) is 0 Å². The third-order valence-electron chi connectivity index (χ3n) is 6.11. The van der Waals surface area contributed by atoms with Gasteiger partial charge in [0, 0.05) is 18.3 Å². The number of halogens is 1. The Morgan fingerprint density at radius 3 is 2.67 bits per heavy atom. The molecule has 1 fully saturated rings. The first kappa shape index (κ1) is 23.8. The third-order valence-corrected chi connectivity index (χ3v) is 6.79. The van der Waals surface area contributed by atoms with Crippen molar-refractivity contribution in [2.45, 2.75) is 18.6 Å². The van der Waals surface area contributed by atoms with Crippen LogP contribution in [0.3, 0.4) is 0 Å². The molecule has 0 radical (unpaired) electrons. The third kappa shape index (κ3) is 4.65. The van der Waals surface area contributed by atoms with E-state index in [9.17, 15) is 9.90 Å². The zero-order valence-electron chi connectivity index (χ0n) is 19.2. The predicted octanol–water partition coefficient (Wildman–Crippen LogP) is 5.87. The normalized spacial score (nSPS) is 17.2. The summed E-state index contributed by atoms with van der Waals surface area (Å²) in [5, 5.41) is 13.8. The summed E-state index contributed by atoms with van der Waals surface area (Å²) >= 11 is 12.1. The average molecular weight is 520 g/mol. The Balaban J connectivity index is 1.54. The largest absolute Gasteiger partial charge is 0.497 e. The molecule has 3 heterocycles. The Morgan fingerprint density at radius 2 is 1.97 bits per heavy atom. The van der Waals surface area contributed by atoms with Gasteiger partial charge in [-0.25, -0.2) is 4.79 Å². The van der Waals surface area contributed by atoms with E-state index in [4.69, 9.17) is 33.0 Å². The van der Waals surface area contributed by atoms with E-state index in [0.29, 0.717) is 33.8 Å². The highest BCUT2D eigenvalue weighted by atomic mass is 35.5. The van der Waals surface area contributed by atoms with Crippen LogP contribution < -0.4 is 10.1 Å². The smallest absolute Gasteiger partial charge is 0.335 e. The number of benzene rings is 2. The molecular formula is C27H22ClN3O4S. The average Bonchev–Trinajstić information content (AvgIpc) is 3.50. The summed E-state index contributed by atoms with van der Waals surface area (Å²) in [6.07, 6.45) is 1.74. The molecule has 5 rings (SSSR count). The maximum Gasteiger partial charge on any atom is 0.335 e. The molecule has 182 valence electrons. The van der Waals surface area contributed by atoms with Crippen LogP contribution >= 0.6 is 23.8 Å². The Morgan fingerprint density at radius 1 is 1.17 bits per heavy atom. The molecule has 0 aliphatic carbocycles. The van der Waals surface area contributed by atoms with E-state index in [1.54, 1.807) is 25.4 Å². The second kappa shape index (κ2) is 10.0. The lowest BCUT2D eigenvalue weighted by atomic mass is 10.0. The number of carboxylic acids is 1. The van der Waals surface area contributed by atoms with Crippen molar-refractivity contribution in [3.05, 3.63) is 107 Å². The number of pyridine rings is 1. The number of nitrogens with one attached hydrogen (secondary N) is 1. The van der Waals surface area contributed by atoms with Gasteiger partial charge in [-0.3, -0.25) is 4.98 Å². The molecule has 0 amide bonds. The second-order valence-corrected chi connectivity index (χ2v) is 9.10. The molecule has 1 saturated heterocycles. The predicted molar refractivity (Wildman–Crippen MR) is 140 cm³/mol. The number of aromatic nitrogens is 1. The van der Waals surface area contributed by atoms with Crippen molar-refractivity contribution < 1.29 is 19.1 Å². The first-order valence-electron chi connectivity index (χ1n) is 11.2. The summed E-state index contributed by atoms with van der Waals surface area (Å²) in [6.45, 7) is 0.537. The molecule has 1 aliphatic rings. The Labute approximate surface area is 218 Å². The highest BCUT2D eigenvalue weighted by Gasteiger charge is 2.41. The Hall–Kier alpha value is -3.88. The van der Waals surface area contributed by atoms with E-state index in [1.807, 2.05) is 48.5 Å². The van der Waals surface area contributed by atoms with Gasteiger partial charge in [0.1, 0.15) is 23.3 Å². The number of carboxylic acid groups (broad SMARTS) is 1. The molecule has 2 N–H and O–H groups in total. The SMILES string of the molecule is COc1ccc(CN2C(=S)N[C@H](c3ccccn3)[C@H]2c2ccc(-c3cc(C(=O)O)ccc3Cl)o2)cc1. The summed E-state index contributed by atoms with van der Waals surface area (Å²) in [5.74, 6) is 0.865. The molecule has 36 heavy (non-hydrogen) atoms. The maximum atomic E-state index is 11.5. The molecule has 9 heteroatoms. The highest BCUT2D eigenvalue weighted by molar-refractivity contribution is 7.80. The van der Waals surface area contributed by atoms with Crippen molar-refractivity contribution >= 4 is 34.9 Å². The molecule has 1 aliphatic heterocycles. The molecule has 0 saturated carbocycles. The van der Waals surface area contributed by atoms with Crippen LogP contribution in [0.1, 0.15) is 39.5 Å². The fourth-order valence-corrected chi connectivity index (χ4v) is 4.83. The zero-order valence-corrected chi connectivity index (χ0v) is 20.8. The van der Waals surface area contributed by atoms with Gasteiger partial charge in [0.05, 0.1) is 29.4 Å². The van der Waals surface area contributed by atoms with Crippen molar-refractivity contribution in [2.75, 3.05) is 7.11 Å². The lowest BCUT2D eigenvalue weighted by molar-refractivity contribution is 0.0697. The van der Waals surface area contributed by atoms with Crippen LogP contribution in [0.15, 0.2) is 83.4 Å². The molecule has 7 nitrogen and oxygen atoms in total. The van der Waals surface area contributed by atoms with Gasteiger partial charge in [0.15, 0.2) is 5.11 Å². The van der Waals surface area contributed by atoms with Gasteiger partial charge in [-0.2, -0.15) is 0 Å². The van der Waals surface area contributed by atoms with Gasteiger partial charge in [-0.15, -0.1) is 0 Å². The van der Waals surface area contributed by atoms with E-state index in [2.05, 4.69) is 15.2 Å². The van der Waals surface area contributed by atoms with Crippen molar-refractivity contribution in [1.29, 1.82) is 0 Å². The number of hydrogen-bond acceptors (Lipinski definition) is 5. The number of aromatic carboxylic acids is 1. The molecule has 2 aromatic heterocycles. The number of hydrogen-bond donors (Lipinski definition) is 2. The molecule has 0 unspecified atom stereocenters. The summed E-state index contributed by atoms with van der Waals surface area (Å²) in [5.41, 5.74) is 2.51. The van der Waals surface area contributed by atoms with Gasteiger partial charge in [-0.1, -0.05) is 29.8 Å². The lowest BCUT2D eigenvalue weighted by Crippen LogP contribution is -2.29. The molecule has 4 aromatic rings. The number of methoxy groups -OCH3 is 1. The summed E-state index contributed by atoms with van der Waals surface area (Å²) < 4.78 is 11.6. The van der Waals surface area contributed by atoms with E-state index in [-0.39, 0.29) is 17.6 Å². The number of ether oxygens (including phenoxy) is 1. The van der Waals surface area contributed by atoms with E-state index < -0.39 is 5.97 Å². The maximum absolute atomic E-state index is 11.5. The Bertz CT molecular complexity index is 1410. The standard InChI is InChI=1S/C27H22ClN3O4S/c1-34-18-8-5-16(6-9-18)15-31-25(24(30-27(31)36)21-4-2-3-13-29-21)23-12-11-22(35-23)19-14-17(26(32)33)7-10-20(19)28/h2-14,24-25H,15H2,1H3,(H,30,36)(H,32,33)/t24-,25-/m1/s1. The molecule has 2 aromatic carbocycles. The second-order valence-electron chi connectivity index (χ2n) is 8.30. The van der Waals surface area contributed by atoms with Crippen LogP contribution in [0.2, 0.25) is 5.02 Å². The molecule has 0 spiro atoms. The van der Waals surface area contributed by atoms with E-state index in [0.717, 1.165) is 17.0 Å². The Kier molecular flexibility index (Phi) is 6.63. The summed E-state index contributed by atoms with van der Waals surface area (Å²) in [6, 6.07) is 21.2. The van der Waals surface area contributed by atoms with Gasteiger partial charge < -0.3 is 24.5 Å². The minimum atomic E-state index is -1.04. The van der Waals surface area contributed by atoms with Gasteiger partial charge in [0.2, 0.25) is 0 Å². The topological polar surface area (TPSA) is 87.8 Å². The lowest BCUT2D eigenvalue weighted by Gasteiger charge is -2.26. The van der Waals surface area contributed by atoms with Crippen molar-refractivity contribution in [2.24, 2.45) is 0 Å². The number of thiocarbonyl (C=S) groups is 1. The first-order valence-corrected chi connectivity index (χ1v) is 12.0. The number of carbonyl (C=O) groups is 1. The highest BCUT2D eigenvalue weighted by Crippen LogP contribution is 2.42. The van der Waals surface area contributed by atoms with Crippen LogP contribution in [0.4, 0.5) is 0 Å². The molecular weight excluding hydrogens is 498 g/mol. The number of nitrogens with zero attached hydrogens (tertiary/aromatic N) is 2. The number of furan rings is 1. The molecule has 0 bridgehead atoms. The van der Waals surface area contributed by atoms with Crippen molar-refractivity contribution in [1.82, 2.24) is 15.2 Å². The minimum Gasteiger partial charge on any atom is -0.497 e. The fourth-order valence-electron chi connectivity index (χ4n) is 4.32. The number of rotatable bonds is 7. The molecule has 2 atom stereocenters. The first-order chi connectivity index (χ1) is 17.4. The van der Waals surface area contributed by atoms with Crippen molar-refractivity contribution in [3.63, 3.8) is 0 Å². The van der Waals surface area contributed by atoms with Gasteiger partial charge >= 0.3 is 5.97 Å². The van der Waals surface area contributed by atoms with Crippen LogP contribution in [-0.4, -0.2) is 33.2 Å². The van der Waals surface area contributed by atoms with E-state index in [1.165, 1.54) is 12.1 Å². The van der Waals surface area contributed by atoms with E-state index >= 15 is 0 Å².